The van der Waals surface area contributed by atoms with E-state index in [1.54, 1.807) is 0 Å². The summed E-state index contributed by atoms with van der Waals surface area (Å²) < 4.78 is 0. The number of nitriles is 1. The third kappa shape index (κ3) is 2.16. The van der Waals surface area contributed by atoms with Crippen LogP contribution in [0.4, 0.5) is 0 Å². The lowest BCUT2D eigenvalue weighted by molar-refractivity contribution is 0.750. The minimum atomic E-state index is -0.208. The molecule has 2 N–H and O–H groups in total. The van der Waals surface area contributed by atoms with Gasteiger partial charge in [-0.05, 0) is 45.3 Å². The molecule has 3 aromatic carbocycles. The average Bonchev–Trinajstić information content (AvgIpc) is 2.44. The van der Waals surface area contributed by atoms with Gasteiger partial charge in [0.15, 0.2) is 0 Å². The minimum Gasteiger partial charge on any atom is -0.323 e. The molecule has 1 atom stereocenters. The molecule has 19 heavy (non-hydrogen) atoms. The van der Waals surface area contributed by atoms with E-state index in [1.165, 1.54) is 21.5 Å². The predicted octanol–water partition coefficient (Wildman–Crippen LogP) is 3.91. The first-order valence-electron chi connectivity index (χ1n) is 6.33. The maximum absolute atomic E-state index is 8.72. The van der Waals surface area contributed by atoms with Gasteiger partial charge in [0, 0.05) is 6.04 Å². The van der Waals surface area contributed by atoms with Crippen LogP contribution in [0.3, 0.4) is 0 Å². The van der Waals surface area contributed by atoms with Gasteiger partial charge in [0.1, 0.15) is 0 Å². The van der Waals surface area contributed by atoms with Crippen molar-refractivity contribution in [2.45, 2.75) is 12.5 Å². The highest BCUT2D eigenvalue weighted by atomic mass is 14.6. The average molecular weight is 246 g/mol. The second kappa shape index (κ2) is 4.72. The molecule has 0 aliphatic heterocycles. The van der Waals surface area contributed by atoms with Gasteiger partial charge in [0.05, 0.1) is 12.5 Å². The van der Waals surface area contributed by atoms with Crippen LogP contribution in [-0.2, 0) is 0 Å². The quantitative estimate of drug-likeness (QED) is 0.697. The highest BCUT2D eigenvalue weighted by Crippen LogP contribution is 2.25. The fraction of sp³-hybridized carbons (Fsp3) is 0.118. The standard InChI is InChI=1S/C17H14N2/c18-8-7-17(19)15-6-5-14-9-12-3-1-2-4-13(12)10-16(14)11-15/h1-6,9-11,17H,7,19H2/t17-/m1/s1. The minimum absolute atomic E-state index is 0.208. The van der Waals surface area contributed by atoms with Crippen molar-refractivity contribution in [1.29, 1.82) is 5.26 Å². The van der Waals surface area contributed by atoms with Gasteiger partial charge < -0.3 is 5.73 Å². The van der Waals surface area contributed by atoms with Crippen molar-refractivity contribution in [2.75, 3.05) is 0 Å². The number of benzene rings is 3. The number of hydrogen-bond donors (Lipinski definition) is 1. The summed E-state index contributed by atoms with van der Waals surface area (Å²) in [5, 5.41) is 13.6. The molecular formula is C17H14N2. The van der Waals surface area contributed by atoms with Crippen LogP contribution in [0, 0.1) is 11.3 Å². The Labute approximate surface area is 112 Å². The van der Waals surface area contributed by atoms with Gasteiger partial charge in [0.2, 0.25) is 0 Å². The van der Waals surface area contributed by atoms with E-state index >= 15 is 0 Å². The van der Waals surface area contributed by atoms with Crippen LogP contribution in [-0.4, -0.2) is 0 Å². The van der Waals surface area contributed by atoms with E-state index in [0.717, 1.165) is 5.56 Å². The van der Waals surface area contributed by atoms with Crippen molar-refractivity contribution >= 4 is 21.5 Å². The van der Waals surface area contributed by atoms with Gasteiger partial charge in [-0.3, -0.25) is 0 Å². The Morgan fingerprint density at radius 3 is 2.21 bits per heavy atom. The lowest BCUT2D eigenvalue weighted by Gasteiger charge is -2.10. The lowest BCUT2D eigenvalue weighted by atomic mass is 9.98. The van der Waals surface area contributed by atoms with Gasteiger partial charge in [-0.1, -0.05) is 36.4 Å². The molecule has 0 aliphatic rings. The summed E-state index contributed by atoms with van der Waals surface area (Å²) in [5.74, 6) is 0. The van der Waals surface area contributed by atoms with E-state index in [4.69, 9.17) is 11.0 Å². The molecule has 0 fully saturated rings. The van der Waals surface area contributed by atoms with Crippen molar-refractivity contribution < 1.29 is 0 Å². The number of hydrogen-bond acceptors (Lipinski definition) is 2. The van der Waals surface area contributed by atoms with E-state index in [0.29, 0.717) is 6.42 Å². The Morgan fingerprint density at radius 1 is 0.895 bits per heavy atom. The molecule has 3 rings (SSSR count). The van der Waals surface area contributed by atoms with Crippen LogP contribution >= 0.6 is 0 Å². The highest BCUT2D eigenvalue weighted by molar-refractivity contribution is 5.98. The first-order chi connectivity index (χ1) is 9.28. The fourth-order valence-corrected chi connectivity index (χ4v) is 2.41. The molecule has 3 aromatic rings. The summed E-state index contributed by atoms with van der Waals surface area (Å²) in [5.41, 5.74) is 7.00. The molecule has 0 aromatic heterocycles. The maximum Gasteiger partial charge on any atom is 0.0641 e. The Hall–Kier alpha value is -2.37. The summed E-state index contributed by atoms with van der Waals surface area (Å²) in [6.07, 6.45) is 0.346. The number of fused-ring (bicyclic) bond motifs is 2. The zero-order valence-electron chi connectivity index (χ0n) is 10.5. The third-order valence-corrected chi connectivity index (χ3v) is 3.47. The van der Waals surface area contributed by atoms with Crippen molar-refractivity contribution in [3.8, 4) is 6.07 Å². The zero-order chi connectivity index (χ0) is 13.2. The molecule has 92 valence electrons. The van der Waals surface area contributed by atoms with E-state index < -0.39 is 0 Å². The van der Waals surface area contributed by atoms with Crippen LogP contribution in [0.2, 0.25) is 0 Å². The second-order valence-corrected chi connectivity index (χ2v) is 4.77. The fourth-order valence-electron chi connectivity index (χ4n) is 2.41. The maximum atomic E-state index is 8.72. The third-order valence-electron chi connectivity index (χ3n) is 3.47. The van der Waals surface area contributed by atoms with Gasteiger partial charge in [-0.2, -0.15) is 5.26 Å². The van der Waals surface area contributed by atoms with Crippen molar-refractivity contribution in [1.82, 2.24) is 0 Å². The molecule has 0 saturated heterocycles. The number of nitrogens with zero attached hydrogens (tertiary/aromatic N) is 1. The summed E-state index contributed by atoms with van der Waals surface area (Å²) >= 11 is 0. The first-order valence-corrected chi connectivity index (χ1v) is 6.33. The monoisotopic (exact) mass is 246 g/mol. The molecular weight excluding hydrogens is 232 g/mol. The van der Waals surface area contributed by atoms with E-state index in [2.05, 4.69) is 42.5 Å². The molecule has 2 nitrogen and oxygen atoms in total. The highest BCUT2D eigenvalue weighted by Gasteiger charge is 2.06. The molecule has 0 heterocycles. The first kappa shape index (κ1) is 11.7. The Morgan fingerprint density at radius 2 is 1.53 bits per heavy atom. The zero-order valence-corrected chi connectivity index (χ0v) is 10.5. The molecule has 0 unspecified atom stereocenters. The normalized spacial score (nSPS) is 12.4. The molecule has 0 saturated carbocycles. The van der Waals surface area contributed by atoms with Gasteiger partial charge >= 0.3 is 0 Å². The van der Waals surface area contributed by atoms with Crippen LogP contribution in [0.5, 0.6) is 0 Å². The SMILES string of the molecule is N#CC[C@@H](N)c1ccc2cc3ccccc3cc2c1. The smallest absolute Gasteiger partial charge is 0.0641 e. The Balaban J connectivity index is 2.17. The van der Waals surface area contributed by atoms with Gasteiger partial charge in [-0.25, -0.2) is 0 Å². The lowest BCUT2D eigenvalue weighted by Crippen LogP contribution is -2.08. The second-order valence-electron chi connectivity index (χ2n) is 4.77. The van der Waals surface area contributed by atoms with Crippen molar-refractivity contribution in [3.05, 3.63) is 60.2 Å². The van der Waals surface area contributed by atoms with E-state index in [1.807, 2.05) is 18.2 Å². The van der Waals surface area contributed by atoms with E-state index in [9.17, 15) is 0 Å². The van der Waals surface area contributed by atoms with E-state index in [-0.39, 0.29) is 6.04 Å². The Kier molecular flexibility index (Phi) is 2.91. The number of rotatable bonds is 2. The molecule has 0 bridgehead atoms. The van der Waals surface area contributed by atoms with Crippen LogP contribution in [0.25, 0.3) is 21.5 Å². The largest absolute Gasteiger partial charge is 0.323 e. The summed E-state index contributed by atoms with van der Waals surface area (Å²) in [7, 11) is 0. The van der Waals surface area contributed by atoms with Gasteiger partial charge in [-0.15, -0.1) is 0 Å². The van der Waals surface area contributed by atoms with Crippen molar-refractivity contribution in [2.24, 2.45) is 5.73 Å². The topological polar surface area (TPSA) is 49.8 Å². The molecule has 2 heteroatoms. The van der Waals surface area contributed by atoms with Crippen LogP contribution in [0.15, 0.2) is 54.6 Å². The summed E-state index contributed by atoms with van der Waals surface area (Å²) in [4.78, 5) is 0. The predicted molar refractivity (Wildman–Crippen MR) is 78.6 cm³/mol. The van der Waals surface area contributed by atoms with Crippen molar-refractivity contribution in [3.63, 3.8) is 0 Å². The summed E-state index contributed by atoms with van der Waals surface area (Å²) in [6, 6.07) is 20.8. The number of nitrogens with two attached hydrogens (primary N) is 1. The van der Waals surface area contributed by atoms with Crippen LogP contribution in [0.1, 0.15) is 18.0 Å². The van der Waals surface area contributed by atoms with Crippen LogP contribution < -0.4 is 5.73 Å². The Bertz CT molecular complexity index is 784. The molecule has 0 radical (unpaired) electrons. The molecule has 0 amide bonds. The molecule has 0 aliphatic carbocycles. The summed E-state index contributed by atoms with van der Waals surface area (Å²) in [6.45, 7) is 0. The molecule has 0 spiro atoms. The van der Waals surface area contributed by atoms with Gasteiger partial charge in [0.25, 0.3) is 0 Å².